The van der Waals surface area contributed by atoms with Crippen molar-refractivity contribution in [3.63, 3.8) is 0 Å². The van der Waals surface area contributed by atoms with Gasteiger partial charge in [0.15, 0.2) is 0 Å². The number of hydrogen-bond acceptors (Lipinski definition) is 5. The van der Waals surface area contributed by atoms with Crippen molar-refractivity contribution >= 4 is 34.1 Å². The molecule has 0 radical (unpaired) electrons. The molecule has 0 aliphatic rings. The van der Waals surface area contributed by atoms with Gasteiger partial charge >= 0.3 is 5.97 Å². The van der Waals surface area contributed by atoms with Gasteiger partial charge in [0, 0.05) is 0 Å². The number of ether oxygens (including phenoxy) is 2. The van der Waals surface area contributed by atoms with E-state index in [0.29, 0.717) is 10.8 Å². The summed E-state index contributed by atoms with van der Waals surface area (Å²) in [5.41, 5.74) is 0.912. The van der Waals surface area contributed by atoms with Gasteiger partial charge in [-0.2, -0.15) is 0 Å². The zero-order valence-corrected chi connectivity index (χ0v) is 11.4. The predicted octanol–water partition coefficient (Wildman–Crippen LogP) is 2.67. The summed E-state index contributed by atoms with van der Waals surface area (Å²) in [5.74, 6) is 0.791. The van der Waals surface area contributed by atoms with E-state index in [0.717, 1.165) is 11.3 Å². The maximum absolute atomic E-state index is 11.2. The molecular weight excluding hydrogens is 256 g/mol. The van der Waals surface area contributed by atoms with Crippen LogP contribution in [0.2, 0.25) is 0 Å². The smallest absolute Gasteiger partial charge is 0.316 e. The first kappa shape index (κ1) is 14.0. The molecule has 0 aliphatic heterocycles. The van der Waals surface area contributed by atoms with Gasteiger partial charge in [-0.05, 0) is 36.8 Å². The van der Waals surface area contributed by atoms with Crippen LogP contribution in [0.5, 0.6) is 5.75 Å². The van der Waals surface area contributed by atoms with E-state index in [2.05, 4.69) is 0 Å². The van der Waals surface area contributed by atoms with E-state index in [9.17, 15) is 4.79 Å². The fourth-order valence-electron chi connectivity index (χ4n) is 1.14. The molecule has 1 aromatic rings. The number of thiocarbonyl (C=S) groups is 1. The monoisotopic (exact) mass is 270 g/mol. The minimum Gasteiger partial charge on any atom is -0.497 e. The van der Waals surface area contributed by atoms with Crippen molar-refractivity contribution in [2.45, 2.75) is 6.92 Å². The van der Waals surface area contributed by atoms with Gasteiger partial charge in [0.05, 0.1) is 23.7 Å². The molecule has 3 nitrogen and oxygen atoms in total. The summed E-state index contributed by atoms with van der Waals surface area (Å²) in [4.78, 5) is 11.2. The molecule has 0 fully saturated rings. The lowest BCUT2D eigenvalue weighted by atomic mass is 10.2. The first-order chi connectivity index (χ1) is 8.17. The SMILES string of the molecule is CCOC(=O)CSC(=S)c1ccc(OC)cc1. The Morgan fingerprint density at radius 3 is 2.53 bits per heavy atom. The summed E-state index contributed by atoms with van der Waals surface area (Å²) in [6.45, 7) is 2.18. The summed E-state index contributed by atoms with van der Waals surface area (Å²) >= 11 is 6.52. The highest BCUT2D eigenvalue weighted by Crippen LogP contribution is 2.17. The van der Waals surface area contributed by atoms with Gasteiger partial charge in [-0.25, -0.2) is 0 Å². The number of esters is 1. The molecule has 0 aromatic heterocycles. The molecule has 1 aromatic carbocycles. The van der Waals surface area contributed by atoms with E-state index in [4.69, 9.17) is 21.7 Å². The lowest BCUT2D eigenvalue weighted by Gasteiger charge is -2.05. The Kier molecular flexibility index (Phi) is 6.00. The zero-order chi connectivity index (χ0) is 12.7. The number of carbonyl (C=O) groups excluding carboxylic acids is 1. The first-order valence-electron chi connectivity index (χ1n) is 5.14. The summed E-state index contributed by atoms with van der Waals surface area (Å²) < 4.78 is 10.6. The van der Waals surface area contributed by atoms with Crippen molar-refractivity contribution in [3.8, 4) is 5.75 Å². The van der Waals surface area contributed by atoms with E-state index >= 15 is 0 Å². The predicted molar refractivity (Wildman–Crippen MR) is 73.8 cm³/mol. The number of benzene rings is 1. The van der Waals surface area contributed by atoms with E-state index in [1.807, 2.05) is 24.3 Å². The molecule has 0 atom stereocenters. The van der Waals surface area contributed by atoms with Crippen molar-refractivity contribution in [2.75, 3.05) is 19.5 Å². The minimum absolute atomic E-state index is 0.242. The number of methoxy groups -OCH3 is 1. The van der Waals surface area contributed by atoms with Gasteiger partial charge in [-0.3, -0.25) is 4.79 Å². The summed E-state index contributed by atoms with van der Waals surface area (Å²) in [6.07, 6.45) is 0. The minimum atomic E-state index is -0.242. The van der Waals surface area contributed by atoms with Gasteiger partial charge < -0.3 is 9.47 Å². The Morgan fingerprint density at radius 1 is 1.35 bits per heavy atom. The Labute approximate surface area is 110 Å². The molecule has 5 heteroatoms. The Morgan fingerprint density at radius 2 is 2.00 bits per heavy atom. The number of hydrogen-bond donors (Lipinski definition) is 0. The lowest BCUT2D eigenvalue weighted by molar-refractivity contribution is -0.139. The third kappa shape index (κ3) is 4.75. The molecule has 0 unspecified atom stereocenters. The molecular formula is C12H14O3S2. The van der Waals surface area contributed by atoms with Crippen LogP contribution in [0, 0.1) is 0 Å². The lowest BCUT2D eigenvalue weighted by Crippen LogP contribution is -2.08. The average molecular weight is 270 g/mol. The molecule has 92 valence electrons. The van der Waals surface area contributed by atoms with E-state index < -0.39 is 0 Å². The van der Waals surface area contributed by atoms with Crippen LogP contribution in [0.15, 0.2) is 24.3 Å². The summed E-state index contributed by atoms with van der Waals surface area (Å²) in [7, 11) is 1.61. The summed E-state index contributed by atoms with van der Waals surface area (Å²) in [5, 5.41) is 0. The Balaban J connectivity index is 2.49. The van der Waals surface area contributed by atoms with Crippen LogP contribution in [-0.4, -0.2) is 29.6 Å². The molecule has 1 rings (SSSR count). The van der Waals surface area contributed by atoms with Crippen molar-refractivity contribution in [2.24, 2.45) is 0 Å². The van der Waals surface area contributed by atoms with Crippen LogP contribution < -0.4 is 4.74 Å². The molecule has 0 saturated heterocycles. The topological polar surface area (TPSA) is 35.5 Å². The second-order valence-electron chi connectivity index (χ2n) is 3.11. The summed E-state index contributed by atoms with van der Waals surface area (Å²) in [6, 6.07) is 7.43. The second-order valence-corrected chi connectivity index (χ2v) is 4.76. The highest BCUT2D eigenvalue weighted by Gasteiger charge is 2.07. The van der Waals surface area contributed by atoms with E-state index in [-0.39, 0.29) is 11.7 Å². The van der Waals surface area contributed by atoms with Crippen LogP contribution in [0.1, 0.15) is 12.5 Å². The second kappa shape index (κ2) is 7.29. The van der Waals surface area contributed by atoms with Gasteiger partial charge in [0.1, 0.15) is 5.75 Å². The molecule has 0 aliphatic carbocycles. The molecule has 0 bridgehead atoms. The fraction of sp³-hybridized carbons (Fsp3) is 0.333. The molecule has 0 heterocycles. The zero-order valence-electron chi connectivity index (χ0n) is 9.76. The normalized spacial score (nSPS) is 9.76. The van der Waals surface area contributed by atoms with Gasteiger partial charge in [0.25, 0.3) is 0 Å². The third-order valence-electron chi connectivity index (χ3n) is 1.95. The van der Waals surface area contributed by atoms with Crippen molar-refractivity contribution in [1.29, 1.82) is 0 Å². The molecule has 0 spiro atoms. The van der Waals surface area contributed by atoms with Gasteiger partial charge in [0.2, 0.25) is 0 Å². The van der Waals surface area contributed by atoms with E-state index in [1.54, 1.807) is 14.0 Å². The average Bonchev–Trinajstić information content (AvgIpc) is 2.36. The molecule has 17 heavy (non-hydrogen) atoms. The number of thioether (sulfide) groups is 1. The van der Waals surface area contributed by atoms with Crippen LogP contribution in [0.4, 0.5) is 0 Å². The van der Waals surface area contributed by atoms with Crippen molar-refractivity contribution in [3.05, 3.63) is 29.8 Å². The fourth-order valence-corrected chi connectivity index (χ4v) is 2.09. The van der Waals surface area contributed by atoms with Crippen LogP contribution in [0.25, 0.3) is 0 Å². The number of rotatable bonds is 5. The van der Waals surface area contributed by atoms with Crippen molar-refractivity contribution in [1.82, 2.24) is 0 Å². The molecule has 0 amide bonds. The van der Waals surface area contributed by atoms with Crippen LogP contribution in [-0.2, 0) is 9.53 Å². The number of carbonyl (C=O) groups is 1. The van der Waals surface area contributed by atoms with Crippen LogP contribution >= 0.6 is 24.0 Å². The Hall–Kier alpha value is -1.07. The maximum atomic E-state index is 11.2. The first-order valence-corrected chi connectivity index (χ1v) is 6.53. The van der Waals surface area contributed by atoms with E-state index in [1.165, 1.54) is 11.8 Å². The quantitative estimate of drug-likeness (QED) is 0.607. The van der Waals surface area contributed by atoms with Crippen LogP contribution in [0.3, 0.4) is 0 Å². The highest BCUT2D eigenvalue weighted by atomic mass is 32.2. The molecule has 0 saturated carbocycles. The third-order valence-corrected chi connectivity index (χ3v) is 3.42. The highest BCUT2D eigenvalue weighted by molar-refractivity contribution is 8.24. The molecule has 0 N–H and O–H groups in total. The van der Waals surface area contributed by atoms with Gasteiger partial charge in [-0.1, -0.05) is 12.2 Å². The largest absolute Gasteiger partial charge is 0.497 e. The standard InChI is InChI=1S/C12H14O3S2/c1-3-15-11(13)8-17-12(16)9-4-6-10(14-2)7-5-9/h4-7H,3,8H2,1-2H3. The van der Waals surface area contributed by atoms with Gasteiger partial charge in [-0.15, -0.1) is 11.8 Å². The maximum Gasteiger partial charge on any atom is 0.316 e. The Bertz CT molecular complexity index is 387. The van der Waals surface area contributed by atoms with Crippen molar-refractivity contribution < 1.29 is 14.3 Å².